The Morgan fingerprint density at radius 2 is 0.500 bits per heavy atom. The van der Waals surface area contributed by atoms with Gasteiger partial charge in [0.05, 0.1) is 0 Å². The second kappa shape index (κ2) is 66.6. The van der Waals surface area contributed by atoms with Gasteiger partial charge in [0, 0.05) is 19.3 Å². The van der Waals surface area contributed by atoms with Crippen LogP contribution in [0.5, 0.6) is 0 Å². The molecule has 0 aromatic carbocycles. The van der Waals surface area contributed by atoms with Crippen LogP contribution < -0.4 is 0 Å². The van der Waals surface area contributed by atoms with Gasteiger partial charge in [0.2, 0.25) is 0 Å². The highest BCUT2D eigenvalue weighted by Gasteiger charge is 2.19. The van der Waals surface area contributed by atoms with E-state index in [9.17, 15) is 14.4 Å². The van der Waals surface area contributed by atoms with Crippen LogP contribution in [0, 0.1) is 0 Å². The standard InChI is InChI=1S/C72H130O6/c1-4-7-10-13-15-17-19-21-23-25-27-29-31-32-33-34-35-36-37-38-39-40-41-43-44-46-48-50-52-54-56-59-62-65-71(74)77-68-69(67-76-70(73)64-61-58-12-9-6-3)78-72(75)66-63-60-57-55-53-51-49-47-45-42-30-28-26-24-22-20-18-16-14-11-8-5-2/h7,10,15,17,21,23,27,29,32-33,69H,4-6,8-9,11-14,16,18-20,22,24-26,28,30-31,34-68H2,1-3H3/b10-7-,17-15-,23-21-,29-27-,33-32-. The third-order valence-electron chi connectivity index (χ3n) is 15.3. The molecule has 1 atom stereocenters. The van der Waals surface area contributed by atoms with E-state index < -0.39 is 6.10 Å². The Balaban J connectivity index is 3.93. The lowest BCUT2D eigenvalue weighted by Crippen LogP contribution is -2.30. The van der Waals surface area contributed by atoms with Gasteiger partial charge in [-0.25, -0.2) is 0 Å². The summed E-state index contributed by atoms with van der Waals surface area (Å²) in [7, 11) is 0. The smallest absolute Gasteiger partial charge is 0.306 e. The number of ether oxygens (including phenoxy) is 3. The highest BCUT2D eigenvalue weighted by atomic mass is 16.6. The first-order chi connectivity index (χ1) is 38.5. The van der Waals surface area contributed by atoms with E-state index in [2.05, 4.69) is 81.5 Å². The molecule has 0 heterocycles. The molecule has 0 N–H and O–H groups in total. The van der Waals surface area contributed by atoms with Crippen molar-refractivity contribution in [1.82, 2.24) is 0 Å². The minimum Gasteiger partial charge on any atom is -0.462 e. The molecule has 0 aromatic rings. The van der Waals surface area contributed by atoms with Crippen molar-refractivity contribution in [1.29, 1.82) is 0 Å². The van der Waals surface area contributed by atoms with Crippen LogP contribution in [-0.4, -0.2) is 37.2 Å². The molecule has 0 amide bonds. The fraction of sp³-hybridized carbons (Fsp3) is 0.819. The van der Waals surface area contributed by atoms with E-state index in [1.807, 2.05) is 0 Å². The van der Waals surface area contributed by atoms with Crippen molar-refractivity contribution < 1.29 is 28.6 Å². The first kappa shape index (κ1) is 75.1. The van der Waals surface area contributed by atoms with Crippen molar-refractivity contribution in [3.05, 3.63) is 60.8 Å². The summed E-state index contributed by atoms with van der Waals surface area (Å²) in [6, 6.07) is 0. The summed E-state index contributed by atoms with van der Waals surface area (Å²) in [4.78, 5) is 38.0. The molecule has 454 valence electrons. The molecule has 0 saturated heterocycles. The van der Waals surface area contributed by atoms with Gasteiger partial charge in [0.15, 0.2) is 6.10 Å². The Labute approximate surface area is 485 Å². The van der Waals surface area contributed by atoms with Crippen LogP contribution >= 0.6 is 0 Å². The van der Waals surface area contributed by atoms with Gasteiger partial charge in [0.1, 0.15) is 13.2 Å². The van der Waals surface area contributed by atoms with Gasteiger partial charge in [-0.2, -0.15) is 0 Å². The third-order valence-corrected chi connectivity index (χ3v) is 15.3. The number of esters is 3. The summed E-state index contributed by atoms with van der Waals surface area (Å²) in [5.74, 6) is -0.859. The SMILES string of the molecule is CC/C=C\C/C=C\C/C=C\C/C=C\C/C=C\CCCCCCCCCCCCCCCCCCCC(=O)OCC(COC(=O)CCCCCCC)OC(=O)CCCCCCCCCCCCCCCCCCCCCCCC. The number of allylic oxidation sites excluding steroid dienone is 10. The topological polar surface area (TPSA) is 78.9 Å². The average Bonchev–Trinajstić information content (AvgIpc) is 3.44. The number of carbonyl (C=O) groups is 3. The van der Waals surface area contributed by atoms with Crippen LogP contribution in [0.1, 0.15) is 361 Å². The molecule has 78 heavy (non-hydrogen) atoms. The Hall–Kier alpha value is -2.89. The molecule has 0 saturated carbocycles. The molecule has 0 aliphatic carbocycles. The molecule has 0 rings (SSSR count). The molecule has 0 fully saturated rings. The first-order valence-electron chi connectivity index (χ1n) is 34.3. The van der Waals surface area contributed by atoms with E-state index in [1.165, 1.54) is 225 Å². The van der Waals surface area contributed by atoms with Crippen LogP contribution in [0.25, 0.3) is 0 Å². The predicted molar refractivity (Wildman–Crippen MR) is 339 cm³/mol. The zero-order valence-corrected chi connectivity index (χ0v) is 52.2. The summed E-state index contributed by atoms with van der Waals surface area (Å²) in [6.45, 7) is 6.50. The van der Waals surface area contributed by atoms with E-state index >= 15 is 0 Å². The van der Waals surface area contributed by atoms with Gasteiger partial charge in [-0.1, -0.05) is 338 Å². The minimum absolute atomic E-state index is 0.0683. The average molecular weight is 1090 g/mol. The summed E-state index contributed by atoms with van der Waals surface area (Å²) >= 11 is 0. The minimum atomic E-state index is -0.767. The molecule has 1 unspecified atom stereocenters. The van der Waals surface area contributed by atoms with Gasteiger partial charge in [-0.3, -0.25) is 14.4 Å². The van der Waals surface area contributed by atoms with Crippen LogP contribution in [0.3, 0.4) is 0 Å². The number of hydrogen-bond donors (Lipinski definition) is 0. The number of hydrogen-bond acceptors (Lipinski definition) is 6. The Morgan fingerprint density at radius 1 is 0.269 bits per heavy atom. The van der Waals surface area contributed by atoms with Crippen molar-refractivity contribution >= 4 is 17.9 Å². The Kier molecular flexibility index (Phi) is 64.2. The zero-order valence-electron chi connectivity index (χ0n) is 52.2. The van der Waals surface area contributed by atoms with Crippen molar-refractivity contribution in [3.63, 3.8) is 0 Å². The second-order valence-electron chi connectivity index (χ2n) is 23.1. The van der Waals surface area contributed by atoms with Gasteiger partial charge in [-0.05, 0) is 64.2 Å². The van der Waals surface area contributed by atoms with Gasteiger partial charge < -0.3 is 14.2 Å². The molecule has 6 nitrogen and oxygen atoms in total. The first-order valence-corrected chi connectivity index (χ1v) is 34.3. The molecule has 6 heteroatoms. The van der Waals surface area contributed by atoms with Gasteiger partial charge in [0.25, 0.3) is 0 Å². The lowest BCUT2D eigenvalue weighted by Gasteiger charge is -2.18. The zero-order chi connectivity index (χ0) is 56.4. The molecule has 0 aromatic heterocycles. The van der Waals surface area contributed by atoms with Gasteiger partial charge >= 0.3 is 17.9 Å². The third kappa shape index (κ3) is 63.9. The van der Waals surface area contributed by atoms with E-state index in [1.54, 1.807) is 0 Å². The largest absolute Gasteiger partial charge is 0.462 e. The van der Waals surface area contributed by atoms with Crippen molar-refractivity contribution in [3.8, 4) is 0 Å². The van der Waals surface area contributed by atoms with Crippen molar-refractivity contribution in [2.24, 2.45) is 0 Å². The van der Waals surface area contributed by atoms with Crippen molar-refractivity contribution in [2.45, 2.75) is 367 Å². The number of unbranched alkanes of at least 4 members (excludes halogenated alkanes) is 42. The quantitative estimate of drug-likeness (QED) is 0.0261. The molecule has 0 spiro atoms. The molecule has 0 bridgehead atoms. The maximum absolute atomic E-state index is 12.8. The number of carbonyl (C=O) groups excluding carboxylic acids is 3. The van der Waals surface area contributed by atoms with Crippen LogP contribution in [0.15, 0.2) is 60.8 Å². The monoisotopic (exact) mass is 1090 g/mol. The molecular weight excluding hydrogens is 961 g/mol. The normalized spacial score (nSPS) is 12.4. The summed E-state index contributed by atoms with van der Waals surface area (Å²) < 4.78 is 16.8. The highest BCUT2D eigenvalue weighted by Crippen LogP contribution is 2.18. The molecule has 0 aliphatic heterocycles. The fourth-order valence-corrected chi connectivity index (χ4v) is 10.2. The number of rotatable bonds is 63. The van der Waals surface area contributed by atoms with Crippen molar-refractivity contribution in [2.75, 3.05) is 13.2 Å². The van der Waals surface area contributed by atoms with Crippen LogP contribution in [-0.2, 0) is 28.6 Å². The van der Waals surface area contributed by atoms with E-state index in [0.29, 0.717) is 19.3 Å². The lowest BCUT2D eigenvalue weighted by atomic mass is 10.0. The predicted octanol–water partition coefficient (Wildman–Crippen LogP) is 23.5. The molecule has 0 aliphatic rings. The van der Waals surface area contributed by atoms with E-state index in [-0.39, 0.29) is 31.1 Å². The molecule has 0 radical (unpaired) electrons. The lowest BCUT2D eigenvalue weighted by molar-refractivity contribution is -0.167. The van der Waals surface area contributed by atoms with E-state index in [4.69, 9.17) is 14.2 Å². The Bertz CT molecular complexity index is 1390. The van der Waals surface area contributed by atoms with E-state index in [0.717, 1.165) is 96.3 Å². The fourth-order valence-electron chi connectivity index (χ4n) is 10.2. The second-order valence-corrected chi connectivity index (χ2v) is 23.1. The maximum Gasteiger partial charge on any atom is 0.306 e. The summed E-state index contributed by atoms with van der Waals surface area (Å²) in [5.41, 5.74) is 0. The van der Waals surface area contributed by atoms with Crippen LogP contribution in [0.2, 0.25) is 0 Å². The summed E-state index contributed by atoms with van der Waals surface area (Å²) in [5, 5.41) is 0. The molecular formula is C72H130O6. The Morgan fingerprint density at radius 3 is 0.782 bits per heavy atom. The summed E-state index contributed by atoms with van der Waals surface area (Å²) in [6.07, 6.45) is 85.9. The van der Waals surface area contributed by atoms with Gasteiger partial charge in [-0.15, -0.1) is 0 Å². The highest BCUT2D eigenvalue weighted by molar-refractivity contribution is 5.71. The van der Waals surface area contributed by atoms with Crippen LogP contribution in [0.4, 0.5) is 0 Å². The maximum atomic E-state index is 12.8.